The van der Waals surface area contributed by atoms with Crippen LogP contribution < -0.4 is 10.6 Å². The van der Waals surface area contributed by atoms with Crippen molar-refractivity contribution in [2.75, 3.05) is 26.2 Å². The Bertz CT molecular complexity index is 831. The van der Waals surface area contributed by atoms with Gasteiger partial charge >= 0.3 is 6.09 Å². The second kappa shape index (κ2) is 11.5. The molecule has 1 saturated carbocycles. The molecule has 0 bridgehead atoms. The van der Waals surface area contributed by atoms with Crippen molar-refractivity contribution >= 4 is 17.9 Å². The molecule has 1 fully saturated rings. The summed E-state index contributed by atoms with van der Waals surface area (Å²) in [6.07, 6.45) is 4.90. The molecule has 3 N–H and O–H groups in total. The van der Waals surface area contributed by atoms with E-state index in [1.807, 2.05) is 25.1 Å². The van der Waals surface area contributed by atoms with E-state index in [-0.39, 0.29) is 31.2 Å². The normalized spacial score (nSPS) is 20.9. The van der Waals surface area contributed by atoms with E-state index in [0.717, 1.165) is 38.5 Å². The third-order valence-corrected chi connectivity index (χ3v) is 6.11. The molecule has 1 aliphatic heterocycles. The number of alkyl carbamates (subject to hydrolysis) is 1. The second-order valence-electron chi connectivity index (χ2n) is 8.40. The van der Waals surface area contributed by atoms with Crippen LogP contribution in [0.3, 0.4) is 0 Å². The molecule has 8 heteroatoms. The topological polar surface area (TPSA) is 108 Å². The van der Waals surface area contributed by atoms with Gasteiger partial charge in [0.15, 0.2) is 5.76 Å². The molecule has 8 nitrogen and oxygen atoms in total. The van der Waals surface area contributed by atoms with Gasteiger partial charge in [0.2, 0.25) is 0 Å². The zero-order valence-electron chi connectivity index (χ0n) is 18.6. The number of rotatable bonds is 9. The number of nitrogens with zero attached hydrogens (tertiary/aromatic N) is 1. The van der Waals surface area contributed by atoms with Crippen molar-refractivity contribution in [1.82, 2.24) is 15.5 Å². The SMILES string of the molecule is CCCCOC(=O)NCCN1CC(C(=O)NC2CCC(c3ccccc3)CC2)=C(O)C1=O. The first kappa shape index (κ1) is 23.6. The number of aliphatic hydroxyl groups is 1. The smallest absolute Gasteiger partial charge is 0.407 e. The number of unbranched alkanes of at least 4 members (excludes halogenated alkanes) is 1. The van der Waals surface area contributed by atoms with Gasteiger partial charge in [-0.1, -0.05) is 43.7 Å². The maximum atomic E-state index is 12.7. The average Bonchev–Trinajstić information content (AvgIpc) is 3.09. The lowest BCUT2D eigenvalue weighted by molar-refractivity contribution is -0.127. The number of hydrogen-bond acceptors (Lipinski definition) is 5. The van der Waals surface area contributed by atoms with E-state index in [2.05, 4.69) is 22.8 Å². The summed E-state index contributed by atoms with van der Waals surface area (Å²) in [5.74, 6) is -0.995. The summed E-state index contributed by atoms with van der Waals surface area (Å²) in [7, 11) is 0. The summed E-state index contributed by atoms with van der Waals surface area (Å²) in [5, 5.41) is 15.7. The molecule has 1 aromatic carbocycles. The van der Waals surface area contributed by atoms with Crippen molar-refractivity contribution < 1.29 is 24.2 Å². The van der Waals surface area contributed by atoms with E-state index in [1.54, 1.807) is 0 Å². The van der Waals surface area contributed by atoms with E-state index in [1.165, 1.54) is 10.5 Å². The highest BCUT2D eigenvalue weighted by Crippen LogP contribution is 2.33. The number of carbonyl (C=O) groups excluding carboxylic acids is 3. The molecular formula is C24H33N3O5. The van der Waals surface area contributed by atoms with Gasteiger partial charge in [0.25, 0.3) is 11.8 Å². The Morgan fingerprint density at radius 3 is 2.56 bits per heavy atom. The number of carbonyl (C=O) groups is 3. The summed E-state index contributed by atoms with van der Waals surface area (Å²) in [6.45, 7) is 2.75. The number of aliphatic hydroxyl groups excluding tert-OH is 1. The molecule has 0 saturated heterocycles. The van der Waals surface area contributed by atoms with Crippen LogP contribution in [0, 0.1) is 0 Å². The molecule has 1 heterocycles. The van der Waals surface area contributed by atoms with E-state index < -0.39 is 23.7 Å². The standard InChI is InChI=1S/C24H33N3O5/c1-2-3-15-32-24(31)25-13-14-27-16-20(21(28)23(27)30)22(29)26-19-11-9-18(10-12-19)17-7-5-4-6-8-17/h4-8,18-19,28H,2-3,9-16H2,1H3,(H,25,31)(H,26,29). The molecule has 32 heavy (non-hydrogen) atoms. The number of ether oxygens (including phenoxy) is 1. The predicted octanol–water partition coefficient (Wildman–Crippen LogP) is 3.01. The van der Waals surface area contributed by atoms with Crippen LogP contribution in [0.25, 0.3) is 0 Å². The van der Waals surface area contributed by atoms with Gasteiger partial charge in [-0.15, -0.1) is 0 Å². The van der Waals surface area contributed by atoms with E-state index >= 15 is 0 Å². The lowest BCUT2D eigenvalue weighted by Gasteiger charge is -2.29. The van der Waals surface area contributed by atoms with Crippen LogP contribution in [0.2, 0.25) is 0 Å². The largest absolute Gasteiger partial charge is 0.503 e. The minimum Gasteiger partial charge on any atom is -0.503 e. The van der Waals surface area contributed by atoms with Gasteiger partial charge < -0.3 is 25.4 Å². The van der Waals surface area contributed by atoms with Gasteiger partial charge in [-0.2, -0.15) is 0 Å². The van der Waals surface area contributed by atoms with Crippen LogP contribution in [-0.2, 0) is 14.3 Å². The molecule has 0 radical (unpaired) electrons. The maximum absolute atomic E-state index is 12.7. The average molecular weight is 444 g/mol. The van der Waals surface area contributed by atoms with Crippen molar-refractivity contribution in [3.05, 3.63) is 47.2 Å². The zero-order chi connectivity index (χ0) is 22.9. The van der Waals surface area contributed by atoms with Crippen molar-refractivity contribution in [3.63, 3.8) is 0 Å². The zero-order valence-corrected chi connectivity index (χ0v) is 18.6. The Morgan fingerprint density at radius 1 is 1.16 bits per heavy atom. The van der Waals surface area contributed by atoms with Crippen LogP contribution in [0.4, 0.5) is 4.79 Å². The Kier molecular flexibility index (Phi) is 8.53. The summed E-state index contributed by atoms with van der Waals surface area (Å²) in [6, 6.07) is 10.4. The molecular weight excluding hydrogens is 410 g/mol. The van der Waals surface area contributed by atoms with Crippen LogP contribution in [-0.4, -0.2) is 60.2 Å². The van der Waals surface area contributed by atoms with Crippen LogP contribution in [0.5, 0.6) is 0 Å². The molecule has 1 aliphatic carbocycles. The number of nitrogens with one attached hydrogen (secondary N) is 2. The van der Waals surface area contributed by atoms with Crippen LogP contribution in [0.1, 0.15) is 56.9 Å². The summed E-state index contributed by atoms with van der Waals surface area (Å²) < 4.78 is 5.00. The highest BCUT2D eigenvalue weighted by atomic mass is 16.5. The molecule has 0 unspecified atom stereocenters. The molecule has 3 amide bonds. The Morgan fingerprint density at radius 2 is 1.88 bits per heavy atom. The minimum absolute atomic E-state index is 0.0302. The minimum atomic E-state index is -0.593. The number of hydrogen-bond donors (Lipinski definition) is 3. The Hall–Kier alpha value is -3.03. The van der Waals surface area contributed by atoms with Crippen molar-refractivity contribution in [2.24, 2.45) is 0 Å². The highest BCUT2D eigenvalue weighted by molar-refractivity contribution is 6.07. The van der Waals surface area contributed by atoms with Gasteiger partial charge in [0, 0.05) is 19.1 Å². The Labute approximate surface area is 189 Å². The summed E-state index contributed by atoms with van der Waals surface area (Å²) in [4.78, 5) is 37.9. The third kappa shape index (κ3) is 6.24. The fourth-order valence-electron chi connectivity index (χ4n) is 4.20. The maximum Gasteiger partial charge on any atom is 0.407 e. The lowest BCUT2D eigenvalue weighted by atomic mass is 9.82. The molecule has 174 valence electrons. The second-order valence-corrected chi connectivity index (χ2v) is 8.40. The van der Waals surface area contributed by atoms with E-state index in [9.17, 15) is 19.5 Å². The monoisotopic (exact) mass is 443 g/mol. The fourth-order valence-corrected chi connectivity index (χ4v) is 4.20. The van der Waals surface area contributed by atoms with Gasteiger partial charge in [-0.05, 0) is 43.6 Å². The van der Waals surface area contributed by atoms with Gasteiger partial charge in [-0.3, -0.25) is 9.59 Å². The lowest BCUT2D eigenvalue weighted by Crippen LogP contribution is -2.40. The van der Waals surface area contributed by atoms with Crippen LogP contribution >= 0.6 is 0 Å². The van der Waals surface area contributed by atoms with Crippen molar-refractivity contribution in [3.8, 4) is 0 Å². The summed E-state index contributed by atoms with van der Waals surface area (Å²) >= 11 is 0. The van der Waals surface area contributed by atoms with Crippen molar-refractivity contribution in [1.29, 1.82) is 0 Å². The van der Waals surface area contributed by atoms with Gasteiger partial charge in [0.1, 0.15) is 0 Å². The fraction of sp³-hybridized carbons (Fsp3) is 0.542. The number of amides is 3. The predicted molar refractivity (Wildman–Crippen MR) is 120 cm³/mol. The molecule has 0 aromatic heterocycles. The summed E-state index contributed by atoms with van der Waals surface area (Å²) in [5.41, 5.74) is 1.42. The Balaban J connectivity index is 1.42. The van der Waals surface area contributed by atoms with Crippen LogP contribution in [0.15, 0.2) is 41.7 Å². The third-order valence-electron chi connectivity index (χ3n) is 6.11. The first-order valence-electron chi connectivity index (χ1n) is 11.5. The molecule has 2 aliphatic rings. The number of benzene rings is 1. The first-order valence-corrected chi connectivity index (χ1v) is 11.5. The van der Waals surface area contributed by atoms with E-state index in [4.69, 9.17) is 4.74 Å². The quantitative estimate of drug-likeness (QED) is 0.509. The molecule has 0 spiro atoms. The van der Waals surface area contributed by atoms with E-state index in [0.29, 0.717) is 12.5 Å². The van der Waals surface area contributed by atoms with Crippen molar-refractivity contribution in [2.45, 2.75) is 57.4 Å². The first-order chi connectivity index (χ1) is 15.5. The molecule has 0 atom stereocenters. The highest BCUT2D eigenvalue weighted by Gasteiger charge is 2.35. The van der Waals surface area contributed by atoms with Gasteiger partial charge in [0.05, 0.1) is 18.7 Å². The molecule has 3 rings (SSSR count). The molecule has 1 aromatic rings. The van der Waals surface area contributed by atoms with Gasteiger partial charge in [-0.25, -0.2) is 4.79 Å².